The molecule has 0 aliphatic heterocycles. The van der Waals surface area contributed by atoms with E-state index in [1.807, 2.05) is 6.07 Å². The van der Waals surface area contributed by atoms with E-state index in [1.165, 1.54) is 0 Å². The van der Waals surface area contributed by atoms with Gasteiger partial charge in [0.2, 0.25) is 5.54 Å². The third kappa shape index (κ3) is 1.82. The van der Waals surface area contributed by atoms with Gasteiger partial charge in [0.25, 0.3) is 0 Å². The van der Waals surface area contributed by atoms with Crippen LogP contribution in [0.15, 0.2) is 43.0 Å². The summed E-state index contributed by atoms with van der Waals surface area (Å²) < 4.78 is 0. The molecule has 1 aromatic carbocycles. The first-order valence-electron chi connectivity index (χ1n) is 4.42. The van der Waals surface area contributed by atoms with Crippen molar-refractivity contribution in [3.8, 4) is 0 Å². The molecule has 0 heterocycles. The van der Waals surface area contributed by atoms with Gasteiger partial charge >= 0.3 is 0 Å². The molecule has 0 N–H and O–H groups in total. The second-order valence-corrected chi connectivity index (χ2v) is 3.39. The maximum Gasteiger partial charge on any atom is 0.247 e. The Labute approximate surface area is 83.2 Å². The Morgan fingerprint density at radius 2 is 2.07 bits per heavy atom. The minimum absolute atomic E-state index is 0.260. The highest BCUT2D eigenvalue weighted by molar-refractivity contribution is 5.22. The summed E-state index contributed by atoms with van der Waals surface area (Å²) in [6.07, 6.45) is 1.92. The molecule has 1 aromatic rings. The molecule has 0 amide bonds. The van der Waals surface area contributed by atoms with Crippen LogP contribution in [0.5, 0.6) is 0 Å². The quantitative estimate of drug-likeness (QED) is 0.417. The standard InChI is InChI=1S/C11H13NO2/c1-3-9-11(2,12(13)14)10-7-5-4-6-8-10/h3-8H,1,9H2,2H3/t11-/m0/s1. The van der Waals surface area contributed by atoms with Crippen LogP contribution in [-0.2, 0) is 5.54 Å². The molecule has 1 atom stereocenters. The number of hydrogen-bond acceptors (Lipinski definition) is 2. The van der Waals surface area contributed by atoms with Crippen LogP contribution < -0.4 is 0 Å². The van der Waals surface area contributed by atoms with Crippen LogP contribution in [0, 0.1) is 10.1 Å². The zero-order chi connectivity index (χ0) is 10.6. The van der Waals surface area contributed by atoms with Crippen molar-refractivity contribution in [1.29, 1.82) is 0 Å². The van der Waals surface area contributed by atoms with E-state index in [1.54, 1.807) is 37.3 Å². The molecule has 0 saturated carbocycles. The van der Waals surface area contributed by atoms with Crippen LogP contribution in [0.3, 0.4) is 0 Å². The van der Waals surface area contributed by atoms with Gasteiger partial charge in [0.15, 0.2) is 0 Å². The van der Waals surface area contributed by atoms with Crippen LogP contribution in [-0.4, -0.2) is 4.92 Å². The first-order valence-corrected chi connectivity index (χ1v) is 4.42. The van der Waals surface area contributed by atoms with Gasteiger partial charge in [-0.15, -0.1) is 6.58 Å². The monoisotopic (exact) mass is 191 g/mol. The summed E-state index contributed by atoms with van der Waals surface area (Å²) >= 11 is 0. The molecule has 0 unspecified atom stereocenters. The summed E-state index contributed by atoms with van der Waals surface area (Å²) in [4.78, 5) is 10.7. The topological polar surface area (TPSA) is 43.1 Å². The summed E-state index contributed by atoms with van der Waals surface area (Å²) in [5.74, 6) is 0. The molecular formula is C11H13NO2. The van der Waals surface area contributed by atoms with Crippen LogP contribution >= 0.6 is 0 Å². The maximum absolute atomic E-state index is 11.0. The first-order chi connectivity index (χ1) is 6.61. The molecule has 0 spiro atoms. The second kappa shape index (κ2) is 4.05. The summed E-state index contributed by atoms with van der Waals surface area (Å²) in [5, 5.41) is 11.0. The van der Waals surface area contributed by atoms with Crippen molar-refractivity contribution in [2.75, 3.05) is 0 Å². The average Bonchev–Trinajstić information content (AvgIpc) is 2.19. The lowest BCUT2D eigenvalue weighted by Crippen LogP contribution is -2.31. The number of benzene rings is 1. The number of nitro groups is 1. The fraction of sp³-hybridized carbons (Fsp3) is 0.273. The summed E-state index contributed by atoms with van der Waals surface area (Å²) in [6.45, 7) is 5.16. The van der Waals surface area contributed by atoms with E-state index in [0.29, 0.717) is 12.0 Å². The van der Waals surface area contributed by atoms with Crippen LogP contribution in [0.4, 0.5) is 0 Å². The van der Waals surface area contributed by atoms with E-state index in [0.717, 1.165) is 0 Å². The van der Waals surface area contributed by atoms with Crippen molar-refractivity contribution in [3.05, 3.63) is 58.7 Å². The summed E-state index contributed by atoms with van der Waals surface area (Å²) in [5.41, 5.74) is -0.340. The van der Waals surface area contributed by atoms with Gasteiger partial charge in [0.1, 0.15) is 0 Å². The second-order valence-electron chi connectivity index (χ2n) is 3.39. The minimum Gasteiger partial charge on any atom is -0.264 e. The lowest BCUT2D eigenvalue weighted by atomic mass is 9.89. The summed E-state index contributed by atoms with van der Waals surface area (Å²) in [6, 6.07) is 9.00. The molecule has 0 saturated heterocycles. The average molecular weight is 191 g/mol. The molecule has 0 radical (unpaired) electrons. The zero-order valence-electron chi connectivity index (χ0n) is 8.14. The number of hydrogen-bond donors (Lipinski definition) is 0. The van der Waals surface area contributed by atoms with Crippen molar-refractivity contribution < 1.29 is 4.92 Å². The molecule has 0 aliphatic rings. The van der Waals surface area contributed by atoms with Gasteiger partial charge in [-0.25, -0.2) is 0 Å². The van der Waals surface area contributed by atoms with Gasteiger partial charge in [-0.3, -0.25) is 10.1 Å². The molecule has 14 heavy (non-hydrogen) atoms. The van der Waals surface area contributed by atoms with Gasteiger partial charge < -0.3 is 0 Å². The van der Waals surface area contributed by atoms with E-state index < -0.39 is 5.54 Å². The van der Waals surface area contributed by atoms with Crippen LogP contribution in [0.2, 0.25) is 0 Å². The lowest BCUT2D eigenvalue weighted by molar-refractivity contribution is -0.573. The first kappa shape index (κ1) is 10.4. The fourth-order valence-corrected chi connectivity index (χ4v) is 1.38. The Balaban J connectivity index is 3.12. The smallest absolute Gasteiger partial charge is 0.247 e. The third-order valence-corrected chi connectivity index (χ3v) is 2.34. The van der Waals surface area contributed by atoms with Crippen molar-refractivity contribution in [3.63, 3.8) is 0 Å². The largest absolute Gasteiger partial charge is 0.264 e. The summed E-state index contributed by atoms with van der Waals surface area (Å²) in [7, 11) is 0. The van der Waals surface area contributed by atoms with E-state index >= 15 is 0 Å². The zero-order valence-corrected chi connectivity index (χ0v) is 8.14. The van der Waals surface area contributed by atoms with Crippen LogP contribution in [0.1, 0.15) is 18.9 Å². The van der Waals surface area contributed by atoms with Crippen molar-refractivity contribution in [2.45, 2.75) is 18.9 Å². The van der Waals surface area contributed by atoms with E-state index in [4.69, 9.17) is 0 Å². The molecule has 0 fully saturated rings. The molecule has 3 heteroatoms. The van der Waals surface area contributed by atoms with Crippen molar-refractivity contribution >= 4 is 0 Å². The Hall–Kier alpha value is -1.64. The van der Waals surface area contributed by atoms with Crippen LogP contribution in [0.25, 0.3) is 0 Å². The van der Waals surface area contributed by atoms with E-state index in [9.17, 15) is 10.1 Å². The Morgan fingerprint density at radius 3 is 2.50 bits per heavy atom. The van der Waals surface area contributed by atoms with Gasteiger partial charge in [0.05, 0.1) is 0 Å². The van der Waals surface area contributed by atoms with E-state index in [2.05, 4.69) is 6.58 Å². The van der Waals surface area contributed by atoms with Crippen molar-refractivity contribution in [2.24, 2.45) is 0 Å². The predicted molar refractivity (Wildman–Crippen MR) is 55.6 cm³/mol. The van der Waals surface area contributed by atoms with E-state index in [-0.39, 0.29) is 4.92 Å². The third-order valence-electron chi connectivity index (χ3n) is 2.34. The maximum atomic E-state index is 11.0. The molecule has 1 rings (SSSR count). The molecule has 0 aromatic heterocycles. The number of rotatable bonds is 4. The molecule has 0 bridgehead atoms. The molecule has 74 valence electrons. The minimum atomic E-state index is -1.05. The highest BCUT2D eigenvalue weighted by Crippen LogP contribution is 2.28. The SMILES string of the molecule is C=CC[C@@](C)(c1ccccc1)[N+](=O)[O-]. The Kier molecular flexibility index (Phi) is 3.02. The van der Waals surface area contributed by atoms with Gasteiger partial charge in [-0.1, -0.05) is 36.4 Å². The van der Waals surface area contributed by atoms with Gasteiger partial charge in [-0.2, -0.15) is 0 Å². The Morgan fingerprint density at radius 1 is 1.50 bits per heavy atom. The highest BCUT2D eigenvalue weighted by atomic mass is 16.6. The normalized spacial score (nSPS) is 14.4. The number of nitrogens with zero attached hydrogens (tertiary/aromatic N) is 1. The highest BCUT2D eigenvalue weighted by Gasteiger charge is 2.37. The molecule has 0 aliphatic carbocycles. The Bertz CT molecular complexity index is 334. The molecule has 3 nitrogen and oxygen atoms in total. The molecular weight excluding hydrogens is 178 g/mol. The lowest BCUT2D eigenvalue weighted by Gasteiger charge is -2.19. The fourth-order valence-electron chi connectivity index (χ4n) is 1.38. The van der Waals surface area contributed by atoms with Crippen molar-refractivity contribution in [1.82, 2.24) is 0 Å². The predicted octanol–water partition coefficient (Wildman–Crippen LogP) is 2.75. The van der Waals surface area contributed by atoms with Gasteiger partial charge in [0, 0.05) is 23.8 Å². The van der Waals surface area contributed by atoms with Gasteiger partial charge in [-0.05, 0) is 0 Å².